The van der Waals surface area contributed by atoms with Crippen molar-refractivity contribution < 1.29 is 4.79 Å². The predicted molar refractivity (Wildman–Crippen MR) is 71.6 cm³/mol. The molecule has 0 atom stereocenters. The Balaban J connectivity index is 2.46. The SMILES string of the molecule is C=Cc1cccc(CN(C)CCC(=O)NC)c1. The normalized spacial score (nSPS) is 10.3. The second-order valence-corrected chi connectivity index (χ2v) is 4.11. The lowest BCUT2D eigenvalue weighted by Gasteiger charge is -2.16. The van der Waals surface area contributed by atoms with Crippen LogP contribution >= 0.6 is 0 Å². The molecule has 1 rings (SSSR count). The highest BCUT2D eigenvalue weighted by atomic mass is 16.1. The quantitative estimate of drug-likeness (QED) is 0.812. The molecule has 17 heavy (non-hydrogen) atoms. The van der Waals surface area contributed by atoms with Gasteiger partial charge < -0.3 is 10.2 Å². The van der Waals surface area contributed by atoms with E-state index in [-0.39, 0.29) is 5.91 Å². The van der Waals surface area contributed by atoms with Crippen molar-refractivity contribution in [3.8, 4) is 0 Å². The molecule has 0 radical (unpaired) electrons. The van der Waals surface area contributed by atoms with Crippen molar-refractivity contribution >= 4 is 12.0 Å². The van der Waals surface area contributed by atoms with Crippen molar-refractivity contribution in [2.45, 2.75) is 13.0 Å². The molecule has 0 heterocycles. The van der Waals surface area contributed by atoms with E-state index in [1.165, 1.54) is 5.56 Å². The van der Waals surface area contributed by atoms with Crippen LogP contribution in [-0.2, 0) is 11.3 Å². The molecule has 0 spiro atoms. The minimum absolute atomic E-state index is 0.0803. The number of nitrogens with one attached hydrogen (secondary N) is 1. The van der Waals surface area contributed by atoms with E-state index in [0.717, 1.165) is 18.7 Å². The van der Waals surface area contributed by atoms with Gasteiger partial charge in [0.05, 0.1) is 0 Å². The molecule has 92 valence electrons. The summed E-state index contributed by atoms with van der Waals surface area (Å²) in [6.45, 7) is 5.36. The van der Waals surface area contributed by atoms with Gasteiger partial charge in [-0.2, -0.15) is 0 Å². The molecule has 1 aromatic rings. The van der Waals surface area contributed by atoms with Crippen LogP contribution in [0.5, 0.6) is 0 Å². The number of hydrogen-bond acceptors (Lipinski definition) is 2. The van der Waals surface area contributed by atoms with Gasteiger partial charge in [-0.05, 0) is 18.2 Å². The molecule has 1 amide bonds. The van der Waals surface area contributed by atoms with Crippen molar-refractivity contribution in [2.24, 2.45) is 0 Å². The zero-order chi connectivity index (χ0) is 12.7. The maximum absolute atomic E-state index is 11.1. The molecule has 0 saturated carbocycles. The fourth-order valence-corrected chi connectivity index (χ4v) is 1.63. The topological polar surface area (TPSA) is 32.3 Å². The number of rotatable bonds is 6. The van der Waals surface area contributed by atoms with Gasteiger partial charge in [-0.15, -0.1) is 0 Å². The first kappa shape index (κ1) is 13.5. The first-order valence-electron chi connectivity index (χ1n) is 5.76. The molecule has 0 bridgehead atoms. The second kappa shape index (κ2) is 6.86. The summed E-state index contributed by atoms with van der Waals surface area (Å²) in [5.41, 5.74) is 2.36. The zero-order valence-corrected chi connectivity index (χ0v) is 10.6. The summed E-state index contributed by atoms with van der Waals surface area (Å²) < 4.78 is 0. The summed E-state index contributed by atoms with van der Waals surface area (Å²) in [5, 5.41) is 2.62. The molecule has 3 heteroatoms. The lowest BCUT2D eigenvalue weighted by atomic mass is 10.1. The van der Waals surface area contributed by atoms with Gasteiger partial charge >= 0.3 is 0 Å². The van der Waals surface area contributed by atoms with Crippen molar-refractivity contribution in [1.82, 2.24) is 10.2 Å². The summed E-state index contributed by atoms with van der Waals surface area (Å²) in [6.07, 6.45) is 2.38. The Morgan fingerprint density at radius 3 is 2.94 bits per heavy atom. The summed E-state index contributed by atoms with van der Waals surface area (Å²) >= 11 is 0. The Kier molecular flexibility index (Phi) is 5.43. The maximum Gasteiger partial charge on any atom is 0.221 e. The van der Waals surface area contributed by atoms with E-state index in [1.54, 1.807) is 7.05 Å². The van der Waals surface area contributed by atoms with Gasteiger partial charge in [0.25, 0.3) is 0 Å². The Morgan fingerprint density at radius 2 is 2.29 bits per heavy atom. The number of benzene rings is 1. The minimum Gasteiger partial charge on any atom is -0.359 e. The van der Waals surface area contributed by atoms with Gasteiger partial charge in [-0.25, -0.2) is 0 Å². The summed E-state index contributed by atoms with van der Waals surface area (Å²) in [5.74, 6) is 0.0803. The van der Waals surface area contributed by atoms with E-state index in [4.69, 9.17) is 0 Å². The molecule has 1 aromatic carbocycles. The number of carbonyl (C=O) groups is 1. The minimum atomic E-state index is 0.0803. The van der Waals surface area contributed by atoms with Gasteiger partial charge in [0.1, 0.15) is 0 Å². The van der Waals surface area contributed by atoms with Crippen LogP contribution in [0.4, 0.5) is 0 Å². The molecular weight excluding hydrogens is 212 g/mol. The third-order valence-corrected chi connectivity index (χ3v) is 2.64. The van der Waals surface area contributed by atoms with Crippen molar-refractivity contribution in [1.29, 1.82) is 0 Å². The second-order valence-electron chi connectivity index (χ2n) is 4.11. The molecule has 0 unspecified atom stereocenters. The van der Waals surface area contributed by atoms with Crippen LogP contribution in [0.3, 0.4) is 0 Å². The van der Waals surface area contributed by atoms with Crippen LogP contribution in [0.2, 0.25) is 0 Å². The average molecular weight is 232 g/mol. The maximum atomic E-state index is 11.1. The number of nitrogens with zero attached hydrogens (tertiary/aromatic N) is 1. The van der Waals surface area contributed by atoms with E-state index in [0.29, 0.717) is 6.42 Å². The van der Waals surface area contributed by atoms with Crippen molar-refractivity contribution in [3.63, 3.8) is 0 Å². The molecule has 0 aromatic heterocycles. The highest BCUT2D eigenvalue weighted by Gasteiger charge is 2.03. The van der Waals surface area contributed by atoms with Crippen LogP contribution in [-0.4, -0.2) is 31.4 Å². The van der Waals surface area contributed by atoms with Crippen molar-refractivity contribution in [2.75, 3.05) is 20.6 Å². The van der Waals surface area contributed by atoms with Crippen LogP contribution in [0.15, 0.2) is 30.8 Å². The predicted octanol–water partition coefficient (Wildman–Crippen LogP) is 1.90. The van der Waals surface area contributed by atoms with Crippen molar-refractivity contribution in [3.05, 3.63) is 42.0 Å². The van der Waals surface area contributed by atoms with E-state index >= 15 is 0 Å². The van der Waals surface area contributed by atoms with E-state index in [2.05, 4.69) is 28.9 Å². The van der Waals surface area contributed by atoms with Crippen LogP contribution in [0.25, 0.3) is 6.08 Å². The third-order valence-electron chi connectivity index (χ3n) is 2.64. The highest BCUT2D eigenvalue weighted by molar-refractivity contribution is 5.75. The largest absolute Gasteiger partial charge is 0.359 e. The molecule has 0 aliphatic rings. The Bertz CT molecular complexity index is 388. The van der Waals surface area contributed by atoms with Crippen LogP contribution < -0.4 is 5.32 Å². The zero-order valence-electron chi connectivity index (χ0n) is 10.6. The summed E-state index contributed by atoms with van der Waals surface area (Å²) in [6, 6.07) is 8.26. The first-order chi connectivity index (χ1) is 8.15. The van der Waals surface area contributed by atoms with E-state index < -0.39 is 0 Å². The van der Waals surface area contributed by atoms with E-state index in [9.17, 15) is 4.79 Å². The number of amides is 1. The van der Waals surface area contributed by atoms with Crippen LogP contribution in [0.1, 0.15) is 17.5 Å². The standard InChI is InChI=1S/C14H20N2O/c1-4-12-6-5-7-13(10-12)11-16(3)9-8-14(17)15-2/h4-7,10H,1,8-9,11H2,2-3H3,(H,15,17). The highest BCUT2D eigenvalue weighted by Crippen LogP contribution is 2.08. The lowest BCUT2D eigenvalue weighted by Crippen LogP contribution is -2.26. The van der Waals surface area contributed by atoms with Crippen LogP contribution in [0, 0.1) is 0 Å². The van der Waals surface area contributed by atoms with Gasteiger partial charge in [0.15, 0.2) is 0 Å². The first-order valence-corrected chi connectivity index (χ1v) is 5.76. The van der Waals surface area contributed by atoms with E-state index in [1.807, 2.05) is 25.3 Å². The lowest BCUT2D eigenvalue weighted by molar-refractivity contribution is -0.120. The fourth-order valence-electron chi connectivity index (χ4n) is 1.63. The molecule has 0 fully saturated rings. The monoisotopic (exact) mass is 232 g/mol. The van der Waals surface area contributed by atoms with Gasteiger partial charge in [0.2, 0.25) is 5.91 Å². The smallest absolute Gasteiger partial charge is 0.221 e. The third kappa shape index (κ3) is 4.83. The Hall–Kier alpha value is -1.61. The Labute approximate surface area is 103 Å². The summed E-state index contributed by atoms with van der Waals surface area (Å²) in [4.78, 5) is 13.3. The van der Waals surface area contributed by atoms with Gasteiger partial charge in [-0.3, -0.25) is 4.79 Å². The Morgan fingerprint density at radius 1 is 1.53 bits per heavy atom. The van der Waals surface area contributed by atoms with Gasteiger partial charge in [-0.1, -0.05) is 36.9 Å². The molecule has 0 saturated heterocycles. The molecule has 0 aliphatic heterocycles. The molecule has 0 aliphatic carbocycles. The molecule has 3 nitrogen and oxygen atoms in total. The average Bonchev–Trinajstić information content (AvgIpc) is 2.36. The molecule has 1 N–H and O–H groups in total. The fraction of sp³-hybridized carbons (Fsp3) is 0.357. The van der Waals surface area contributed by atoms with Gasteiger partial charge in [0, 0.05) is 26.6 Å². The number of carbonyl (C=O) groups excluding carboxylic acids is 1. The molecular formula is C14H20N2O. The summed E-state index contributed by atoms with van der Waals surface area (Å²) in [7, 11) is 3.68. The number of hydrogen-bond donors (Lipinski definition) is 1.